The van der Waals surface area contributed by atoms with Gasteiger partial charge in [0.15, 0.2) is 5.82 Å². The van der Waals surface area contributed by atoms with Gasteiger partial charge < -0.3 is 15.8 Å². The van der Waals surface area contributed by atoms with Crippen molar-refractivity contribution in [1.82, 2.24) is 14.6 Å². The molecule has 1 atom stereocenters. The molecule has 3 heterocycles. The number of nitrogens with zero attached hydrogens (tertiary/aromatic N) is 3. The Morgan fingerprint density at radius 3 is 3.21 bits per heavy atom. The number of thiophene rings is 1. The lowest BCUT2D eigenvalue weighted by Gasteiger charge is -2.09. The number of aromatic nitrogens is 3. The Hall–Kier alpha value is -1.67. The standard InChI is InChI=1S/C16H20ClN5OS/c1-10-11(6-12(18)9-23-2)7-14-15(20-16(17)21-22(10)14)19-8-13-4-3-5-24-13/h3-5,7,12H,6,8-9,18H2,1-2H3,(H,19,20,21)/t12-/m1/s1/i2D3. The number of hydrogen-bond acceptors (Lipinski definition) is 6. The predicted octanol–water partition coefficient (Wildman–Crippen LogP) is 2.88. The first kappa shape index (κ1) is 13.6. The Morgan fingerprint density at radius 1 is 1.58 bits per heavy atom. The zero-order chi connectivity index (χ0) is 19.6. The molecular weight excluding hydrogens is 346 g/mol. The molecule has 3 aromatic heterocycles. The fraction of sp³-hybridized carbons (Fsp3) is 0.375. The van der Waals surface area contributed by atoms with Crippen molar-refractivity contribution in [2.24, 2.45) is 5.73 Å². The van der Waals surface area contributed by atoms with E-state index in [-0.39, 0.29) is 11.9 Å². The third kappa shape index (κ3) is 3.70. The van der Waals surface area contributed by atoms with Gasteiger partial charge in [-0.25, -0.2) is 4.52 Å². The smallest absolute Gasteiger partial charge is 0.243 e. The molecule has 0 saturated heterocycles. The molecule has 6 nitrogen and oxygen atoms in total. The average Bonchev–Trinajstić information content (AvgIpc) is 3.20. The number of fused-ring (bicyclic) bond motifs is 1. The first-order chi connectivity index (χ1) is 12.7. The summed E-state index contributed by atoms with van der Waals surface area (Å²) >= 11 is 7.74. The average molecular weight is 369 g/mol. The largest absolute Gasteiger partial charge is 0.383 e. The van der Waals surface area contributed by atoms with Crippen LogP contribution in [0.2, 0.25) is 5.28 Å². The number of methoxy groups -OCH3 is 1. The summed E-state index contributed by atoms with van der Waals surface area (Å²) in [4.78, 5) is 5.48. The minimum atomic E-state index is -2.45. The maximum atomic E-state index is 7.10. The molecule has 3 rings (SSSR count). The van der Waals surface area contributed by atoms with Gasteiger partial charge in [-0.1, -0.05) is 6.07 Å². The van der Waals surface area contributed by atoms with E-state index in [1.807, 2.05) is 30.5 Å². The van der Waals surface area contributed by atoms with Crippen LogP contribution in [-0.2, 0) is 17.7 Å². The number of nitrogens with two attached hydrogens (primary N) is 1. The van der Waals surface area contributed by atoms with E-state index in [0.29, 0.717) is 18.8 Å². The second kappa shape index (κ2) is 7.48. The van der Waals surface area contributed by atoms with Crippen molar-refractivity contribution in [3.05, 3.63) is 45.0 Å². The molecule has 0 radical (unpaired) electrons. The number of anilines is 1. The molecule has 0 aliphatic carbocycles. The number of nitrogens with one attached hydrogen (secondary N) is 1. The van der Waals surface area contributed by atoms with Crippen LogP contribution >= 0.6 is 22.9 Å². The van der Waals surface area contributed by atoms with Crippen LogP contribution in [0.25, 0.3) is 5.52 Å². The topological polar surface area (TPSA) is 77.5 Å². The molecule has 3 aromatic rings. The highest BCUT2D eigenvalue weighted by molar-refractivity contribution is 7.09. The van der Waals surface area contributed by atoms with Gasteiger partial charge in [-0.2, -0.15) is 4.98 Å². The van der Waals surface area contributed by atoms with Crippen LogP contribution in [0.1, 0.15) is 20.2 Å². The summed E-state index contributed by atoms with van der Waals surface area (Å²) in [5, 5.41) is 9.71. The molecule has 0 saturated carbocycles. The molecule has 0 amide bonds. The maximum absolute atomic E-state index is 7.10. The number of halogens is 1. The number of aryl methyl sites for hydroxylation is 1. The molecule has 0 fully saturated rings. The zero-order valence-electron chi connectivity index (χ0n) is 16.1. The second-order valence-corrected chi connectivity index (χ2v) is 6.86. The van der Waals surface area contributed by atoms with Gasteiger partial charge in [0.05, 0.1) is 17.3 Å². The minimum Gasteiger partial charge on any atom is -0.383 e. The van der Waals surface area contributed by atoms with Gasteiger partial charge >= 0.3 is 0 Å². The molecule has 0 aliphatic heterocycles. The van der Waals surface area contributed by atoms with Crippen molar-refractivity contribution >= 4 is 34.3 Å². The van der Waals surface area contributed by atoms with Crippen molar-refractivity contribution in [3.63, 3.8) is 0 Å². The summed E-state index contributed by atoms with van der Waals surface area (Å²) in [6, 6.07) is 5.52. The summed E-state index contributed by atoms with van der Waals surface area (Å²) in [5.74, 6) is 0.630. The molecule has 0 aliphatic rings. The molecule has 0 aromatic carbocycles. The van der Waals surface area contributed by atoms with Gasteiger partial charge in [-0.15, -0.1) is 16.4 Å². The van der Waals surface area contributed by atoms with Crippen LogP contribution in [-0.4, -0.2) is 34.3 Å². The lowest BCUT2D eigenvalue weighted by Crippen LogP contribution is -2.28. The van der Waals surface area contributed by atoms with E-state index in [4.69, 9.17) is 26.2 Å². The predicted molar refractivity (Wildman–Crippen MR) is 97.9 cm³/mol. The molecule has 24 heavy (non-hydrogen) atoms. The third-order valence-electron chi connectivity index (χ3n) is 3.74. The Morgan fingerprint density at radius 2 is 2.46 bits per heavy atom. The van der Waals surface area contributed by atoms with E-state index >= 15 is 0 Å². The van der Waals surface area contributed by atoms with Crippen LogP contribution in [0.4, 0.5) is 5.82 Å². The van der Waals surface area contributed by atoms with E-state index in [9.17, 15) is 0 Å². The summed E-state index contributed by atoms with van der Waals surface area (Å²) in [6.45, 7) is 2.48. The fourth-order valence-electron chi connectivity index (χ4n) is 2.57. The van der Waals surface area contributed by atoms with Gasteiger partial charge in [0.1, 0.15) is 5.52 Å². The molecule has 0 bridgehead atoms. The van der Waals surface area contributed by atoms with E-state index in [2.05, 4.69) is 15.4 Å². The van der Waals surface area contributed by atoms with Crippen molar-refractivity contribution in [1.29, 1.82) is 0 Å². The van der Waals surface area contributed by atoms with E-state index in [1.54, 1.807) is 15.9 Å². The van der Waals surface area contributed by atoms with Crippen molar-refractivity contribution in [2.75, 3.05) is 19.0 Å². The molecule has 128 valence electrons. The van der Waals surface area contributed by atoms with Crippen LogP contribution in [0.3, 0.4) is 0 Å². The maximum Gasteiger partial charge on any atom is 0.243 e. The first-order valence-corrected chi connectivity index (χ1v) is 8.69. The monoisotopic (exact) mass is 368 g/mol. The van der Waals surface area contributed by atoms with Gasteiger partial charge in [0, 0.05) is 23.7 Å². The number of ether oxygens (including phenoxy) is 1. The first-order valence-electron chi connectivity index (χ1n) is 8.93. The molecule has 8 heteroatoms. The van der Waals surface area contributed by atoms with Gasteiger partial charge in [-0.3, -0.25) is 0 Å². The zero-order valence-corrected chi connectivity index (χ0v) is 14.7. The Labute approximate surface area is 153 Å². The summed E-state index contributed by atoms with van der Waals surface area (Å²) < 4.78 is 27.8. The molecule has 3 N–H and O–H groups in total. The number of hydrogen-bond donors (Lipinski definition) is 2. The Balaban J connectivity index is 1.81. The Kier molecular flexibility index (Phi) is 4.24. The molecule has 0 spiro atoms. The molecular formula is C16H20ClN5OS. The summed E-state index contributed by atoms with van der Waals surface area (Å²) in [5.41, 5.74) is 8.63. The number of rotatable bonds is 7. The van der Waals surface area contributed by atoms with Crippen molar-refractivity contribution in [3.8, 4) is 0 Å². The second-order valence-electron chi connectivity index (χ2n) is 5.49. The van der Waals surface area contributed by atoms with E-state index in [0.717, 1.165) is 16.8 Å². The van der Waals surface area contributed by atoms with E-state index < -0.39 is 13.1 Å². The van der Waals surface area contributed by atoms with Gasteiger partial charge in [-0.05, 0) is 48.0 Å². The lowest BCUT2D eigenvalue weighted by molar-refractivity contribution is 0.180. The quantitative estimate of drug-likeness (QED) is 0.670. The summed E-state index contributed by atoms with van der Waals surface area (Å²) in [7, 11) is -2.45. The van der Waals surface area contributed by atoms with Crippen molar-refractivity contribution in [2.45, 2.75) is 25.9 Å². The SMILES string of the molecule is [2H]C([2H])([2H])OC[C@H](N)Cc1cc2c(NCc3cccs3)nc(Cl)nn2c1C. The highest BCUT2D eigenvalue weighted by atomic mass is 35.5. The minimum absolute atomic E-state index is 0.0575. The van der Waals surface area contributed by atoms with Crippen LogP contribution in [0.5, 0.6) is 0 Å². The van der Waals surface area contributed by atoms with Crippen molar-refractivity contribution < 1.29 is 8.85 Å². The summed E-state index contributed by atoms with van der Waals surface area (Å²) in [6.07, 6.45) is 0.452. The lowest BCUT2D eigenvalue weighted by atomic mass is 10.1. The van der Waals surface area contributed by atoms with Gasteiger partial charge in [0.2, 0.25) is 5.28 Å². The third-order valence-corrected chi connectivity index (χ3v) is 4.78. The van der Waals surface area contributed by atoms with Gasteiger partial charge in [0.25, 0.3) is 0 Å². The van der Waals surface area contributed by atoms with Crippen LogP contribution in [0.15, 0.2) is 23.6 Å². The fourth-order valence-corrected chi connectivity index (χ4v) is 3.37. The van der Waals surface area contributed by atoms with Crippen LogP contribution < -0.4 is 11.1 Å². The normalized spacial score (nSPS) is 15.0. The highest BCUT2D eigenvalue weighted by Gasteiger charge is 2.15. The molecule has 0 unspecified atom stereocenters. The Bertz CT molecular complexity index is 913. The van der Waals surface area contributed by atoms with Crippen LogP contribution in [0, 0.1) is 6.92 Å². The van der Waals surface area contributed by atoms with E-state index in [1.165, 1.54) is 4.88 Å². The highest BCUT2D eigenvalue weighted by Crippen LogP contribution is 2.24.